The van der Waals surface area contributed by atoms with Crippen molar-refractivity contribution < 1.29 is 33.9 Å². The van der Waals surface area contributed by atoms with Crippen molar-refractivity contribution in [2.24, 2.45) is 11.8 Å². The predicted molar refractivity (Wildman–Crippen MR) is 157 cm³/mol. The highest BCUT2D eigenvalue weighted by molar-refractivity contribution is 5.98. The Morgan fingerprint density at radius 3 is 2.12 bits per heavy atom. The molecule has 43 heavy (non-hydrogen) atoms. The number of nitrogens with zero attached hydrogens (tertiary/aromatic N) is 1. The summed E-state index contributed by atoms with van der Waals surface area (Å²) in [5.74, 6) is -4.39. The summed E-state index contributed by atoms with van der Waals surface area (Å²) in [6, 6.07) is 3.45. The van der Waals surface area contributed by atoms with Gasteiger partial charge in [0, 0.05) is 13.0 Å². The van der Waals surface area contributed by atoms with Crippen LogP contribution in [0.25, 0.3) is 0 Å². The number of fused-ring (bicyclic) bond motifs is 1. The summed E-state index contributed by atoms with van der Waals surface area (Å²) >= 11 is 0. The predicted octanol–water partition coefficient (Wildman–Crippen LogP) is -1.02. The average Bonchev–Trinajstić information content (AvgIpc) is 3.49. The normalized spacial score (nSPS) is 27.2. The highest BCUT2D eigenvalue weighted by atomic mass is 16.3. The molecule has 2 fully saturated rings. The summed E-state index contributed by atoms with van der Waals surface area (Å²) in [6.07, 6.45) is 1.54. The van der Waals surface area contributed by atoms with E-state index >= 15 is 0 Å². The molecule has 1 aromatic rings. The van der Waals surface area contributed by atoms with Gasteiger partial charge in [-0.1, -0.05) is 64.4 Å². The molecule has 2 aliphatic rings. The van der Waals surface area contributed by atoms with E-state index in [9.17, 15) is 33.9 Å². The first kappa shape index (κ1) is 33.5. The largest absolute Gasteiger partial charge is 0.394 e. The van der Waals surface area contributed by atoms with Crippen molar-refractivity contribution >= 4 is 35.4 Å². The minimum atomic E-state index is -1.42. The zero-order chi connectivity index (χ0) is 31.7. The molecule has 236 valence electrons. The van der Waals surface area contributed by atoms with Gasteiger partial charge in [-0.2, -0.15) is 0 Å². The highest BCUT2D eigenvalue weighted by Crippen LogP contribution is 2.21. The van der Waals surface area contributed by atoms with Gasteiger partial charge in [-0.3, -0.25) is 28.8 Å². The van der Waals surface area contributed by atoms with Gasteiger partial charge >= 0.3 is 0 Å². The number of rotatable bonds is 6. The molecule has 0 aliphatic carbocycles. The van der Waals surface area contributed by atoms with Crippen LogP contribution in [0.1, 0.15) is 52.5 Å². The quantitative estimate of drug-likeness (QED) is 0.241. The highest BCUT2D eigenvalue weighted by Gasteiger charge is 2.40. The van der Waals surface area contributed by atoms with Crippen molar-refractivity contribution in [2.75, 3.05) is 19.7 Å². The third kappa shape index (κ3) is 8.76. The number of hydrogen-bond donors (Lipinski definition) is 6. The van der Waals surface area contributed by atoms with Crippen LogP contribution in [0.5, 0.6) is 0 Å². The lowest BCUT2D eigenvalue weighted by Crippen LogP contribution is -2.62. The van der Waals surface area contributed by atoms with Gasteiger partial charge in [-0.05, 0) is 30.2 Å². The maximum atomic E-state index is 13.7. The summed E-state index contributed by atoms with van der Waals surface area (Å²) in [5.41, 5.74) is 0.727. The van der Waals surface area contributed by atoms with Crippen molar-refractivity contribution in [1.29, 1.82) is 0 Å². The van der Waals surface area contributed by atoms with Crippen molar-refractivity contribution in [1.82, 2.24) is 31.5 Å². The van der Waals surface area contributed by atoms with Gasteiger partial charge < -0.3 is 36.6 Å². The van der Waals surface area contributed by atoms with Crippen LogP contribution >= 0.6 is 0 Å². The second-order valence-corrected chi connectivity index (χ2v) is 11.6. The van der Waals surface area contributed by atoms with Gasteiger partial charge in [0.05, 0.1) is 13.2 Å². The van der Waals surface area contributed by atoms with E-state index in [1.54, 1.807) is 51.1 Å². The Balaban J connectivity index is 1.98. The lowest BCUT2D eigenvalue weighted by molar-refractivity contribution is -0.143. The molecule has 6 atom stereocenters. The number of aliphatic hydroxyl groups excluding tert-OH is 1. The van der Waals surface area contributed by atoms with Gasteiger partial charge in [0.2, 0.25) is 35.4 Å². The van der Waals surface area contributed by atoms with Crippen LogP contribution in [-0.2, 0) is 35.2 Å². The molecule has 0 saturated carbocycles. The first-order chi connectivity index (χ1) is 20.5. The van der Waals surface area contributed by atoms with Crippen LogP contribution in [0, 0.1) is 11.8 Å². The maximum Gasteiger partial charge on any atom is 0.246 e. The summed E-state index contributed by atoms with van der Waals surface area (Å²) in [7, 11) is 0. The van der Waals surface area contributed by atoms with Gasteiger partial charge in [-0.15, -0.1) is 0 Å². The molecule has 2 saturated heterocycles. The molecule has 2 aliphatic heterocycles. The minimum absolute atomic E-state index is 0.0668. The van der Waals surface area contributed by atoms with Crippen LogP contribution in [0.2, 0.25) is 0 Å². The number of benzene rings is 1. The number of carbonyl (C=O) groups excluding carboxylic acids is 6. The van der Waals surface area contributed by atoms with Crippen molar-refractivity contribution in [2.45, 2.75) is 83.6 Å². The lowest BCUT2D eigenvalue weighted by atomic mass is 9.96. The molecular weight excluding hydrogens is 556 g/mol. The van der Waals surface area contributed by atoms with Crippen molar-refractivity contribution in [3.8, 4) is 0 Å². The van der Waals surface area contributed by atoms with E-state index in [4.69, 9.17) is 0 Å². The zero-order valence-electron chi connectivity index (χ0n) is 25.2. The maximum absolute atomic E-state index is 13.7. The van der Waals surface area contributed by atoms with Crippen LogP contribution in [-0.4, -0.2) is 95.4 Å². The third-order valence-corrected chi connectivity index (χ3v) is 8.04. The smallest absolute Gasteiger partial charge is 0.246 e. The molecule has 1 aromatic carbocycles. The SMILES string of the molecule is CCC(C)[C@@H]1NC(=O)[C@H](CO)NC(=O)[C@H](Cc2ccccc2)NC(=O)[C@@H](C(C)C)NC(=O)CNC(=O)[C@@H]2CCCN2C1=O. The molecular formula is C30H44N6O7. The van der Waals surface area contributed by atoms with Crippen LogP contribution in [0.15, 0.2) is 30.3 Å². The van der Waals surface area contributed by atoms with E-state index in [0.29, 0.717) is 25.8 Å². The standard InChI is InChI=1S/C30H44N6O7/c1-5-18(4)25-30(43)36-13-9-12-22(36)28(41)31-15-23(38)34-24(17(2)3)29(42)32-20(14-19-10-7-6-8-11-19)26(39)33-21(16-37)27(40)35-25/h6-8,10-11,17-18,20-22,24-25,37H,5,9,12-16H2,1-4H3,(H,31,41)(H,32,42)(H,33,39)(H,34,38)(H,35,40)/t18?,20-,21-,22-,24+,25-/m0/s1. The Kier molecular flexibility index (Phi) is 12.0. The Labute approximate surface area is 251 Å². The van der Waals surface area contributed by atoms with E-state index in [0.717, 1.165) is 5.56 Å². The Morgan fingerprint density at radius 2 is 1.49 bits per heavy atom. The number of carbonyl (C=O) groups is 6. The van der Waals surface area contributed by atoms with Crippen LogP contribution in [0.3, 0.4) is 0 Å². The van der Waals surface area contributed by atoms with E-state index in [1.165, 1.54) is 4.90 Å². The third-order valence-electron chi connectivity index (χ3n) is 8.04. The molecule has 1 unspecified atom stereocenters. The number of aliphatic hydroxyl groups is 1. The summed E-state index contributed by atoms with van der Waals surface area (Å²) in [5, 5.41) is 23.2. The van der Waals surface area contributed by atoms with Crippen molar-refractivity contribution in [3.05, 3.63) is 35.9 Å². The lowest BCUT2D eigenvalue weighted by Gasteiger charge is -2.32. The topological polar surface area (TPSA) is 186 Å². The Morgan fingerprint density at radius 1 is 0.837 bits per heavy atom. The second-order valence-electron chi connectivity index (χ2n) is 11.6. The second kappa shape index (κ2) is 15.5. The fraction of sp³-hybridized carbons (Fsp3) is 0.600. The summed E-state index contributed by atoms with van der Waals surface area (Å²) in [6.45, 7) is 6.22. The van der Waals surface area contributed by atoms with E-state index in [1.807, 2.05) is 6.92 Å². The number of nitrogens with one attached hydrogen (secondary N) is 5. The number of hydrogen-bond acceptors (Lipinski definition) is 7. The fourth-order valence-electron chi connectivity index (χ4n) is 5.25. The molecule has 13 heteroatoms. The molecule has 2 heterocycles. The summed E-state index contributed by atoms with van der Waals surface area (Å²) < 4.78 is 0. The van der Waals surface area contributed by atoms with Gasteiger partial charge in [0.1, 0.15) is 30.2 Å². The van der Waals surface area contributed by atoms with Crippen LogP contribution in [0.4, 0.5) is 0 Å². The summed E-state index contributed by atoms with van der Waals surface area (Å²) in [4.78, 5) is 81.3. The minimum Gasteiger partial charge on any atom is -0.394 e. The first-order valence-electron chi connectivity index (χ1n) is 14.9. The van der Waals surface area contributed by atoms with E-state index in [-0.39, 0.29) is 18.3 Å². The molecule has 0 aromatic heterocycles. The molecule has 0 radical (unpaired) electrons. The van der Waals surface area contributed by atoms with Crippen LogP contribution < -0.4 is 26.6 Å². The average molecular weight is 601 g/mol. The van der Waals surface area contributed by atoms with Crippen molar-refractivity contribution in [3.63, 3.8) is 0 Å². The number of amides is 6. The first-order valence-corrected chi connectivity index (χ1v) is 14.9. The molecule has 0 bridgehead atoms. The molecule has 0 spiro atoms. The van der Waals surface area contributed by atoms with Gasteiger partial charge in [0.15, 0.2) is 0 Å². The molecule has 6 N–H and O–H groups in total. The molecule has 6 amide bonds. The Hall–Kier alpha value is -4.00. The molecule has 13 nitrogen and oxygen atoms in total. The zero-order valence-corrected chi connectivity index (χ0v) is 25.2. The van der Waals surface area contributed by atoms with Gasteiger partial charge in [-0.25, -0.2) is 0 Å². The fourth-order valence-corrected chi connectivity index (χ4v) is 5.25. The van der Waals surface area contributed by atoms with E-state index in [2.05, 4.69) is 26.6 Å². The van der Waals surface area contributed by atoms with Gasteiger partial charge in [0.25, 0.3) is 0 Å². The molecule has 3 rings (SSSR count). The van der Waals surface area contributed by atoms with E-state index < -0.39 is 78.8 Å². The Bertz CT molecular complexity index is 1180. The monoisotopic (exact) mass is 600 g/mol.